The first kappa shape index (κ1) is 21.0. The average Bonchev–Trinajstić information content (AvgIpc) is 3.09. The van der Waals surface area contributed by atoms with E-state index in [4.69, 9.17) is 4.74 Å². The molecule has 0 radical (unpaired) electrons. The summed E-state index contributed by atoms with van der Waals surface area (Å²) in [4.78, 5) is 22.6. The fourth-order valence-corrected chi connectivity index (χ4v) is 3.01. The van der Waals surface area contributed by atoms with Crippen LogP contribution in [0.2, 0.25) is 0 Å². The summed E-state index contributed by atoms with van der Waals surface area (Å²) in [7, 11) is 1.50. The molecule has 30 heavy (non-hydrogen) atoms. The van der Waals surface area contributed by atoms with Crippen molar-refractivity contribution >= 4 is 33.7 Å². The predicted molar refractivity (Wildman–Crippen MR) is 112 cm³/mol. The molecule has 0 aliphatic carbocycles. The maximum absolute atomic E-state index is 12.4. The third-order valence-electron chi connectivity index (χ3n) is 4.03. The van der Waals surface area contributed by atoms with Crippen LogP contribution in [0, 0.1) is 10.1 Å². The number of nitro groups is 1. The minimum Gasteiger partial charge on any atom is -0.507 e. The maximum Gasteiger partial charge on any atom is 0.293 e. The molecule has 10 nitrogen and oxygen atoms in total. The van der Waals surface area contributed by atoms with E-state index in [1.807, 2.05) is 0 Å². The number of nitro benzene ring substituents is 1. The Morgan fingerprint density at radius 1 is 1.37 bits per heavy atom. The molecule has 11 heteroatoms. The molecule has 3 rings (SSSR count). The topological polar surface area (TPSA) is 132 Å². The van der Waals surface area contributed by atoms with Crippen LogP contribution in [0.25, 0.3) is 0 Å². The number of non-ortho nitro benzene ring substituents is 1. The Morgan fingerprint density at radius 3 is 2.77 bits per heavy atom. The number of phenolic OH excluding ortho intramolecular Hbond substituents is 1. The van der Waals surface area contributed by atoms with Crippen molar-refractivity contribution < 1.29 is 19.6 Å². The zero-order valence-corrected chi connectivity index (χ0v) is 17.2. The average molecular weight is 474 g/mol. The number of carbonyl (C=O) groups is 1. The van der Waals surface area contributed by atoms with Gasteiger partial charge in [-0.15, -0.1) is 0 Å². The number of hydrazone groups is 1. The molecule has 0 saturated carbocycles. The predicted octanol–water partition coefficient (Wildman–Crippen LogP) is 3.08. The number of phenols is 1. The number of carbonyl (C=O) groups excluding carboxylic acids is 1. The Bertz CT molecular complexity index is 1110. The van der Waals surface area contributed by atoms with Crippen LogP contribution in [0.1, 0.15) is 21.6 Å². The summed E-state index contributed by atoms with van der Waals surface area (Å²) in [5, 5.41) is 28.6. The fourth-order valence-electron chi connectivity index (χ4n) is 2.52. The van der Waals surface area contributed by atoms with Gasteiger partial charge >= 0.3 is 0 Å². The van der Waals surface area contributed by atoms with Crippen molar-refractivity contribution in [2.24, 2.45) is 5.10 Å². The second-order valence-electron chi connectivity index (χ2n) is 6.07. The molecule has 3 aromatic rings. The third-order valence-corrected chi connectivity index (χ3v) is 4.61. The molecule has 1 amide bonds. The Balaban J connectivity index is 1.67. The summed E-state index contributed by atoms with van der Waals surface area (Å²) in [5.41, 5.74) is 3.62. The SMILES string of the molecule is COc1ccc(O)c(/C=N/NC(=O)c2nn(Cc3ccc([N+](=O)[O-])cc3)cc2Br)c1. The second-order valence-corrected chi connectivity index (χ2v) is 6.92. The number of rotatable bonds is 7. The lowest BCUT2D eigenvalue weighted by atomic mass is 10.2. The number of benzene rings is 2. The first-order chi connectivity index (χ1) is 14.4. The molecule has 0 unspecified atom stereocenters. The first-order valence-corrected chi connectivity index (χ1v) is 9.33. The normalized spacial score (nSPS) is 10.9. The van der Waals surface area contributed by atoms with Crippen LogP contribution in [0.3, 0.4) is 0 Å². The van der Waals surface area contributed by atoms with Crippen molar-refractivity contribution in [3.63, 3.8) is 0 Å². The highest BCUT2D eigenvalue weighted by Crippen LogP contribution is 2.21. The molecular formula is C19H16BrN5O5. The van der Waals surface area contributed by atoms with E-state index < -0.39 is 10.8 Å². The molecule has 0 saturated heterocycles. The van der Waals surface area contributed by atoms with Crippen molar-refractivity contribution in [1.82, 2.24) is 15.2 Å². The first-order valence-electron chi connectivity index (χ1n) is 8.54. The lowest BCUT2D eigenvalue weighted by molar-refractivity contribution is -0.384. The number of hydrogen-bond acceptors (Lipinski definition) is 7. The molecule has 0 bridgehead atoms. The quantitative estimate of drug-likeness (QED) is 0.307. The molecular weight excluding hydrogens is 458 g/mol. The van der Waals surface area contributed by atoms with Gasteiger partial charge < -0.3 is 9.84 Å². The van der Waals surface area contributed by atoms with E-state index in [9.17, 15) is 20.0 Å². The summed E-state index contributed by atoms with van der Waals surface area (Å²) < 4.78 is 7.06. The van der Waals surface area contributed by atoms with E-state index in [-0.39, 0.29) is 17.1 Å². The highest BCUT2D eigenvalue weighted by molar-refractivity contribution is 9.10. The van der Waals surface area contributed by atoms with Crippen molar-refractivity contribution in [2.75, 3.05) is 7.11 Å². The molecule has 0 spiro atoms. The molecule has 2 aromatic carbocycles. The molecule has 1 aromatic heterocycles. The number of halogens is 1. The van der Waals surface area contributed by atoms with Crippen molar-refractivity contribution in [3.05, 3.63) is 80.1 Å². The van der Waals surface area contributed by atoms with Crippen LogP contribution < -0.4 is 10.2 Å². The van der Waals surface area contributed by atoms with E-state index in [0.717, 1.165) is 5.56 Å². The van der Waals surface area contributed by atoms with Crippen molar-refractivity contribution in [1.29, 1.82) is 0 Å². The standard InChI is InChI=1S/C19H16BrN5O5/c1-30-15-6-7-17(26)13(8-15)9-21-22-19(27)18-16(20)11-24(23-18)10-12-2-4-14(5-3-12)25(28)29/h2-9,11,26H,10H2,1H3,(H,22,27)/b21-9+. The number of amides is 1. The van der Waals surface area contributed by atoms with E-state index in [1.54, 1.807) is 30.5 Å². The van der Waals surface area contributed by atoms with Gasteiger partial charge in [-0.2, -0.15) is 10.2 Å². The molecule has 0 fully saturated rings. The minimum atomic E-state index is -0.553. The highest BCUT2D eigenvalue weighted by Gasteiger charge is 2.15. The number of ether oxygens (including phenoxy) is 1. The van der Waals surface area contributed by atoms with E-state index in [1.165, 1.54) is 36.2 Å². The zero-order valence-electron chi connectivity index (χ0n) is 15.7. The van der Waals surface area contributed by atoms with Gasteiger partial charge in [0, 0.05) is 23.9 Å². The zero-order chi connectivity index (χ0) is 21.7. The molecule has 0 atom stereocenters. The third kappa shape index (κ3) is 5.00. The van der Waals surface area contributed by atoms with Gasteiger partial charge in [-0.1, -0.05) is 12.1 Å². The largest absolute Gasteiger partial charge is 0.507 e. The fraction of sp³-hybridized carbons (Fsp3) is 0.105. The van der Waals surface area contributed by atoms with Crippen LogP contribution in [0.5, 0.6) is 11.5 Å². The summed E-state index contributed by atoms with van der Waals surface area (Å²) >= 11 is 3.29. The van der Waals surface area contributed by atoms with E-state index in [2.05, 4.69) is 31.6 Å². The van der Waals surface area contributed by atoms with Crippen LogP contribution in [-0.4, -0.2) is 39.0 Å². The van der Waals surface area contributed by atoms with E-state index >= 15 is 0 Å². The van der Waals surface area contributed by atoms with Crippen LogP contribution >= 0.6 is 15.9 Å². The lowest BCUT2D eigenvalue weighted by Gasteiger charge is -2.03. The van der Waals surface area contributed by atoms with Gasteiger partial charge in [0.05, 0.1) is 29.3 Å². The van der Waals surface area contributed by atoms with Gasteiger partial charge in [-0.05, 0) is 39.7 Å². The maximum atomic E-state index is 12.4. The Kier molecular flexibility index (Phi) is 6.42. The van der Waals surface area contributed by atoms with Gasteiger partial charge in [0.15, 0.2) is 5.69 Å². The molecule has 0 aliphatic rings. The van der Waals surface area contributed by atoms with E-state index in [0.29, 0.717) is 22.3 Å². The van der Waals surface area contributed by atoms with Gasteiger partial charge in [-0.3, -0.25) is 19.6 Å². The summed E-state index contributed by atoms with van der Waals surface area (Å²) in [6.07, 6.45) is 2.91. The number of methoxy groups -OCH3 is 1. The van der Waals surface area contributed by atoms with Crippen LogP contribution in [-0.2, 0) is 6.54 Å². The van der Waals surface area contributed by atoms with Crippen molar-refractivity contribution in [3.8, 4) is 11.5 Å². The molecule has 154 valence electrons. The Hall–Kier alpha value is -3.73. The molecule has 2 N–H and O–H groups in total. The number of nitrogens with zero attached hydrogens (tertiary/aromatic N) is 4. The number of aromatic hydroxyl groups is 1. The van der Waals surface area contributed by atoms with Gasteiger partial charge in [-0.25, -0.2) is 5.43 Å². The monoisotopic (exact) mass is 473 g/mol. The van der Waals surface area contributed by atoms with Crippen molar-refractivity contribution in [2.45, 2.75) is 6.54 Å². The van der Waals surface area contributed by atoms with Gasteiger partial charge in [0.2, 0.25) is 0 Å². The number of nitrogens with one attached hydrogen (secondary N) is 1. The summed E-state index contributed by atoms with van der Waals surface area (Å²) in [5.74, 6) is -0.0291. The van der Waals surface area contributed by atoms with Gasteiger partial charge in [0.25, 0.3) is 11.6 Å². The number of hydrogen-bond donors (Lipinski definition) is 2. The minimum absolute atomic E-state index is 0.000368. The smallest absolute Gasteiger partial charge is 0.293 e. The molecule has 0 aliphatic heterocycles. The summed E-state index contributed by atoms with van der Waals surface area (Å²) in [6.45, 7) is 0.324. The summed E-state index contributed by atoms with van der Waals surface area (Å²) in [6, 6.07) is 10.7. The number of aromatic nitrogens is 2. The molecule has 1 heterocycles. The Labute approximate surface area is 179 Å². The Morgan fingerprint density at radius 2 is 2.10 bits per heavy atom. The lowest BCUT2D eigenvalue weighted by Crippen LogP contribution is -2.19. The van der Waals surface area contributed by atoms with Crippen LogP contribution in [0.4, 0.5) is 5.69 Å². The van der Waals surface area contributed by atoms with Crippen LogP contribution in [0.15, 0.2) is 58.2 Å². The highest BCUT2D eigenvalue weighted by atomic mass is 79.9. The van der Waals surface area contributed by atoms with Gasteiger partial charge in [0.1, 0.15) is 11.5 Å². The second kappa shape index (κ2) is 9.18.